The minimum atomic E-state index is -3.69. The lowest BCUT2D eigenvalue weighted by Gasteiger charge is -2.35. The molecule has 9 nitrogen and oxygen atoms in total. The molecule has 1 atom stereocenters. The van der Waals surface area contributed by atoms with Crippen LogP contribution in [0.2, 0.25) is 0 Å². The van der Waals surface area contributed by atoms with E-state index in [0.29, 0.717) is 17.1 Å². The molecule has 10 heteroatoms. The third-order valence-electron chi connectivity index (χ3n) is 5.99. The number of amides is 2. The van der Waals surface area contributed by atoms with E-state index in [9.17, 15) is 18.0 Å². The van der Waals surface area contributed by atoms with Crippen molar-refractivity contribution in [2.45, 2.75) is 38.8 Å². The van der Waals surface area contributed by atoms with E-state index in [-0.39, 0.29) is 30.0 Å². The molecule has 3 aromatic rings. The third-order valence-corrected chi connectivity index (χ3v) is 7.14. The molecule has 2 heterocycles. The van der Waals surface area contributed by atoms with Crippen LogP contribution in [-0.2, 0) is 26.8 Å². The Morgan fingerprint density at radius 3 is 2.54 bits per heavy atom. The molecule has 194 valence electrons. The minimum Gasteiger partial charge on any atom is -0.476 e. The standard InChI is InChI=1S/C27H30N4O5S/c1-27(2,3)19-11-12-23-22(14-19)31(37(4,34)35)17-24(36-23)26(33)30-21-10-6-5-9-20(21)25(32)29-16-18-8-7-13-28-15-18/h5-15,24H,16-17H2,1-4H3,(H,29,32)(H,30,33). The quantitative estimate of drug-likeness (QED) is 0.512. The van der Waals surface area contributed by atoms with Crippen LogP contribution < -0.4 is 19.7 Å². The van der Waals surface area contributed by atoms with Crippen molar-refractivity contribution in [2.75, 3.05) is 22.4 Å². The molecule has 1 aromatic heterocycles. The number of fused-ring (bicyclic) bond motifs is 1. The predicted molar refractivity (Wildman–Crippen MR) is 142 cm³/mol. The molecule has 0 aliphatic carbocycles. The maximum absolute atomic E-state index is 13.2. The molecular formula is C27H30N4O5S. The minimum absolute atomic E-state index is 0.194. The van der Waals surface area contributed by atoms with Gasteiger partial charge >= 0.3 is 0 Å². The summed E-state index contributed by atoms with van der Waals surface area (Å²) in [6.45, 7) is 6.18. The number of ether oxygens (including phenoxy) is 1. The molecule has 1 aliphatic heterocycles. The van der Waals surface area contributed by atoms with E-state index in [2.05, 4.69) is 15.6 Å². The second-order valence-electron chi connectivity index (χ2n) is 9.91. The van der Waals surface area contributed by atoms with Crippen LogP contribution in [0.3, 0.4) is 0 Å². The predicted octanol–water partition coefficient (Wildman–Crippen LogP) is 3.47. The first-order chi connectivity index (χ1) is 17.4. The number of anilines is 2. The Hall–Kier alpha value is -3.92. The van der Waals surface area contributed by atoms with Gasteiger partial charge in [-0.2, -0.15) is 0 Å². The van der Waals surface area contributed by atoms with Crippen LogP contribution >= 0.6 is 0 Å². The molecular weight excluding hydrogens is 492 g/mol. The number of nitrogens with one attached hydrogen (secondary N) is 2. The molecule has 0 bridgehead atoms. The maximum atomic E-state index is 13.2. The van der Waals surface area contributed by atoms with Crippen molar-refractivity contribution in [3.05, 3.63) is 83.7 Å². The summed E-state index contributed by atoms with van der Waals surface area (Å²) in [5, 5.41) is 5.56. The van der Waals surface area contributed by atoms with Gasteiger partial charge in [0.15, 0.2) is 6.10 Å². The van der Waals surface area contributed by atoms with Gasteiger partial charge in [-0.05, 0) is 46.9 Å². The number of carbonyl (C=O) groups is 2. The van der Waals surface area contributed by atoms with Gasteiger partial charge in [-0.1, -0.05) is 45.0 Å². The van der Waals surface area contributed by atoms with Crippen LogP contribution in [0.25, 0.3) is 0 Å². The van der Waals surface area contributed by atoms with Crippen LogP contribution in [0.1, 0.15) is 42.3 Å². The van der Waals surface area contributed by atoms with E-state index in [4.69, 9.17) is 4.74 Å². The van der Waals surface area contributed by atoms with Crippen molar-refractivity contribution < 1.29 is 22.7 Å². The summed E-state index contributed by atoms with van der Waals surface area (Å²) in [6.07, 6.45) is 3.29. The first-order valence-electron chi connectivity index (χ1n) is 11.8. The molecule has 0 radical (unpaired) electrons. The average molecular weight is 523 g/mol. The number of hydrogen-bond donors (Lipinski definition) is 2. The summed E-state index contributed by atoms with van der Waals surface area (Å²) in [6, 6.07) is 15.6. The molecule has 0 saturated heterocycles. The fraction of sp³-hybridized carbons (Fsp3) is 0.296. The van der Waals surface area contributed by atoms with Gasteiger partial charge in [-0.3, -0.25) is 18.9 Å². The van der Waals surface area contributed by atoms with Gasteiger partial charge in [0.05, 0.1) is 29.7 Å². The molecule has 1 unspecified atom stereocenters. The summed E-state index contributed by atoms with van der Waals surface area (Å²) in [5.74, 6) is -0.638. The molecule has 2 N–H and O–H groups in total. The summed E-state index contributed by atoms with van der Waals surface area (Å²) in [4.78, 5) is 30.1. The highest BCUT2D eigenvalue weighted by Gasteiger charge is 2.36. The van der Waals surface area contributed by atoms with Crippen LogP contribution in [0.5, 0.6) is 5.75 Å². The van der Waals surface area contributed by atoms with Crippen molar-refractivity contribution >= 4 is 33.2 Å². The Bertz CT molecular complexity index is 1420. The van der Waals surface area contributed by atoms with E-state index in [0.717, 1.165) is 17.4 Å². The van der Waals surface area contributed by atoms with Gasteiger partial charge in [0.1, 0.15) is 5.75 Å². The van der Waals surface area contributed by atoms with E-state index in [1.807, 2.05) is 32.9 Å². The van der Waals surface area contributed by atoms with Crippen LogP contribution in [-0.4, -0.2) is 44.1 Å². The van der Waals surface area contributed by atoms with Gasteiger partial charge in [0.2, 0.25) is 10.0 Å². The third kappa shape index (κ3) is 6.08. The van der Waals surface area contributed by atoms with Crippen LogP contribution in [0.4, 0.5) is 11.4 Å². The lowest BCUT2D eigenvalue weighted by Crippen LogP contribution is -2.48. The topological polar surface area (TPSA) is 118 Å². The van der Waals surface area contributed by atoms with Crippen molar-refractivity contribution in [3.8, 4) is 5.75 Å². The summed E-state index contributed by atoms with van der Waals surface area (Å²) in [7, 11) is -3.69. The normalized spacial score (nSPS) is 15.4. The highest BCUT2D eigenvalue weighted by Crippen LogP contribution is 2.38. The van der Waals surface area contributed by atoms with Crippen LogP contribution in [0.15, 0.2) is 67.0 Å². The van der Waals surface area contributed by atoms with Crippen molar-refractivity contribution in [1.82, 2.24) is 10.3 Å². The SMILES string of the molecule is CC(C)(C)c1ccc2c(c1)N(S(C)(=O)=O)CC(C(=O)Nc1ccccc1C(=O)NCc1cccnc1)O2. The van der Waals surface area contributed by atoms with E-state index in [1.165, 1.54) is 4.31 Å². The van der Waals surface area contributed by atoms with Gasteiger partial charge in [0, 0.05) is 18.9 Å². The fourth-order valence-corrected chi connectivity index (χ4v) is 4.86. The van der Waals surface area contributed by atoms with Crippen molar-refractivity contribution in [2.24, 2.45) is 0 Å². The number of benzene rings is 2. The zero-order valence-electron chi connectivity index (χ0n) is 21.2. The zero-order valence-corrected chi connectivity index (χ0v) is 22.0. The van der Waals surface area contributed by atoms with E-state index < -0.39 is 22.0 Å². The number of nitrogens with zero attached hydrogens (tertiary/aromatic N) is 2. The Kier molecular flexibility index (Phi) is 7.22. The van der Waals surface area contributed by atoms with Gasteiger partial charge in [-0.15, -0.1) is 0 Å². The molecule has 0 fully saturated rings. The van der Waals surface area contributed by atoms with E-state index in [1.54, 1.807) is 54.9 Å². The Balaban J connectivity index is 1.54. The molecule has 2 amide bonds. The highest BCUT2D eigenvalue weighted by atomic mass is 32.2. The lowest BCUT2D eigenvalue weighted by atomic mass is 9.86. The van der Waals surface area contributed by atoms with Gasteiger partial charge in [-0.25, -0.2) is 8.42 Å². The van der Waals surface area contributed by atoms with Crippen LogP contribution in [0, 0.1) is 0 Å². The first-order valence-corrected chi connectivity index (χ1v) is 13.6. The summed E-state index contributed by atoms with van der Waals surface area (Å²) >= 11 is 0. The van der Waals surface area contributed by atoms with Gasteiger partial charge < -0.3 is 15.4 Å². The zero-order chi connectivity index (χ0) is 26.8. The van der Waals surface area contributed by atoms with Crippen molar-refractivity contribution in [3.63, 3.8) is 0 Å². The number of aromatic nitrogens is 1. The summed E-state index contributed by atoms with van der Waals surface area (Å²) < 4.78 is 32.4. The molecule has 0 saturated carbocycles. The average Bonchev–Trinajstić information content (AvgIpc) is 2.86. The summed E-state index contributed by atoms with van der Waals surface area (Å²) in [5.41, 5.74) is 2.53. The number of rotatable bonds is 6. The largest absolute Gasteiger partial charge is 0.476 e. The van der Waals surface area contributed by atoms with E-state index >= 15 is 0 Å². The number of hydrogen-bond acceptors (Lipinski definition) is 6. The molecule has 0 spiro atoms. The molecule has 2 aromatic carbocycles. The lowest BCUT2D eigenvalue weighted by molar-refractivity contribution is -0.122. The number of para-hydroxylation sites is 1. The Morgan fingerprint density at radius 1 is 1.11 bits per heavy atom. The Labute approximate surface area is 216 Å². The number of pyridine rings is 1. The van der Waals surface area contributed by atoms with Crippen molar-refractivity contribution in [1.29, 1.82) is 0 Å². The molecule has 37 heavy (non-hydrogen) atoms. The maximum Gasteiger partial charge on any atom is 0.267 e. The Morgan fingerprint density at radius 2 is 1.86 bits per heavy atom. The monoisotopic (exact) mass is 522 g/mol. The smallest absolute Gasteiger partial charge is 0.267 e. The molecule has 4 rings (SSSR count). The second-order valence-corrected chi connectivity index (χ2v) is 11.8. The number of carbonyl (C=O) groups excluding carboxylic acids is 2. The fourth-order valence-electron chi connectivity index (χ4n) is 3.95. The number of sulfonamides is 1. The van der Waals surface area contributed by atoms with Gasteiger partial charge in [0.25, 0.3) is 11.8 Å². The molecule has 1 aliphatic rings. The first kappa shape index (κ1) is 26.2. The highest BCUT2D eigenvalue weighted by molar-refractivity contribution is 7.92. The second kappa shape index (κ2) is 10.2.